The molecule has 0 aromatic carbocycles. The first-order valence-electron chi connectivity index (χ1n) is 6.17. The first-order valence-corrected chi connectivity index (χ1v) is 6.17. The van der Waals surface area contributed by atoms with Gasteiger partial charge in [-0.05, 0) is 43.9 Å². The van der Waals surface area contributed by atoms with Gasteiger partial charge in [-0.15, -0.1) is 0 Å². The molecule has 1 atom stereocenters. The third-order valence-electron chi connectivity index (χ3n) is 4.22. The van der Waals surface area contributed by atoms with Crippen molar-refractivity contribution in [1.29, 1.82) is 0 Å². The van der Waals surface area contributed by atoms with Crippen molar-refractivity contribution in [2.75, 3.05) is 0 Å². The predicted molar refractivity (Wildman–Crippen MR) is 61.1 cm³/mol. The van der Waals surface area contributed by atoms with Gasteiger partial charge in [0, 0.05) is 6.04 Å². The molecule has 80 valence electrons. The van der Waals surface area contributed by atoms with Gasteiger partial charge in [0.2, 0.25) is 0 Å². The minimum Gasteiger partial charge on any atom is -0.324 e. The van der Waals surface area contributed by atoms with Crippen molar-refractivity contribution < 1.29 is 0 Å². The van der Waals surface area contributed by atoms with Gasteiger partial charge in [0.1, 0.15) is 0 Å². The Hall–Kier alpha value is -0.300. The molecule has 2 N–H and O–H groups in total. The minimum absolute atomic E-state index is 0.352. The lowest BCUT2D eigenvalue weighted by molar-refractivity contribution is 0.282. The number of nitrogens with two attached hydrogens (primary N) is 1. The van der Waals surface area contributed by atoms with Crippen molar-refractivity contribution in [3.05, 3.63) is 11.6 Å². The molecule has 14 heavy (non-hydrogen) atoms. The maximum atomic E-state index is 6.42. The second-order valence-electron chi connectivity index (χ2n) is 5.36. The van der Waals surface area contributed by atoms with E-state index in [0.29, 0.717) is 11.5 Å². The van der Waals surface area contributed by atoms with Gasteiger partial charge >= 0.3 is 0 Å². The Morgan fingerprint density at radius 1 is 1.21 bits per heavy atom. The topological polar surface area (TPSA) is 26.0 Å². The van der Waals surface area contributed by atoms with E-state index >= 15 is 0 Å². The summed E-state index contributed by atoms with van der Waals surface area (Å²) in [6.45, 7) is 2.39. The van der Waals surface area contributed by atoms with Crippen molar-refractivity contribution in [1.82, 2.24) is 0 Å². The van der Waals surface area contributed by atoms with Gasteiger partial charge in [0.15, 0.2) is 0 Å². The quantitative estimate of drug-likeness (QED) is 0.668. The highest BCUT2D eigenvalue weighted by atomic mass is 14.7. The van der Waals surface area contributed by atoms with E-state index in [9.17, 15) is 0 Å². The van der Waals surface area contributed by atoms with Crippen LogP contribution in [0.4, 0.5) is 0 Å². The molecule has 1 saturated carbocycles. The molecule has 0 spiro atoms. The highest BCUT2D eigenvalue weighted by Gasteiger charge is 2.36. The van der Waals surface area contributed by atoms with E-state index in [1.807, 2.05) is 0 Å². The number of hydrogen-bond acceptors (Lipinski definition) is 1. The lowest BCUT2D eigenvalue weighted by atomic mass is 9.75. The molecule has 2 aliphatic carbocycles. The van der Waals surface area contributed by atoms with Gasteiger partial charge < -0.3 is 5.73 Å². The third-order valence-corrected chi connectivity index (χ3v) is 4.22. The molecule has 1 heteroatoms. The molecular formula is C13H23N. The van der Waals surface area contributed by atoms with Crippen molar-refractivity contribution in [2.24, 2.45) is 11.1 Å². The molecule has 2 aliphatic rings. The molecule has 0 bridgehead atoms. The Morgan fingerprint density at radius 2 is 1.93 bits per heavy atom. The Balaban J connectivity index is 2.05. The molecule has 0 saturated heterocycles. The summed E-state index contributed by atoms with van der Waals surface area (Å²) in [5.74, 6) is 0. The van der Waals surface area contributed by atoms with Crippen LogP contribution in [0.3, 0.4) is 0 Å². The molecule has 0 amide bonds. The monoisotopic (exact) mass is 193 g/mol. The molecule has 1 nitrogen and oxygen atoms in total. The smallest absolute Gasteiger partial charge is 0.0308 e. The SMILES string of the molecule is CC1(C(N)C2=CCCCC2)CCCC1. The molecular weight excluding hydrogens is 170 g/mol. The summed E-state index contributed by atoms with van der Waals surface area (Å²) in [5, 5.41) is 0. The van der Waals surface area contributed by atoms with E-state index in [1.165, 1.54) is 51.4 Å². The van der Waals surface area contributed by atoms with Crippen molar-refractivity contribution in [2.45, 2.75) is 64.3 Å². The van der Waals surface area contributed by atoms with Crippen LogP contribution in [0.1, 0.15) is 58.3 Å². The van der Waals surface area contributed by atoms with E-state index in [2.05, 4.69) is 13.0 Å². The fraction of sp³-hybridized carbons (Fsp3) is 0.846. The van der Waals surface area contributed by atoms with Crippen molar-refractivity contribution in [3.8, 4) is 0 Å². The zero-order valence-corrected chi connectivity index (χ0v) is 9.39. The molecule has 0 radical (unpaired) electrons. The summed E-state index contributed by atoms with van der Waals surface area (Å²) in [6, 6.07) is 0.352. The predicted octanol–water partition coefficient (Wildman–Crippen LogP) is 3.39. The number of rotatable bonds is 2. The van der Waals surface area contributed by atoms with Gasteiger partial charge in [-0.25, -0.2) is 0 Å². The highest BCUT2D eigenvalue weighted by Crippen LogP contribution is 2.43. The van der Waals surface area contributed by atoms with Crippen molar-refractivity contribution >= 4 is 0 Å². The van der Waals surface area contributed by atoms with E-state index in [0.717, 1.165) is 0 Å². The zero-order chi connectivity index (χ0) is 10.0. The van der Waals surface area contributed by atoms with Gasteiger partial charge in [-0.3, -0.25) is 0 Å². The Morgan fingerprint density at radius 3 is 2.50 bits per heavy atom. The Bertz CT molecular complexity index is 223. The summed E-state index contributed by atoms with van der Waals surface area (Å²) in [6.07, 6.45) is 13.1. The van der Waals surface area contributed by atoms with Crippen LogP contribution in [0, 0.1) is 5.41 Å². The summed E-state index contributed by atoms with van der Waals surface area (Å²) in [5.41, 5.74) is 8.40. The van der Waals surface area contributed by atoms with Crippen LogP contribution in [0.5, 0.6) is 0 Å². The van der Waals surface area contributed by atoms with E-state index in [-0.39, 0.29) is 0 Å². The number of hydrogen-bond donors (Lipinski definition) is 1. The van der Waals surface area contributed by atoms with E-state index in [4.69, 9.17) is 5.73 Å². The van der Waals surface area contributed by atoms with Gasteiger partial charge in [0.25, 0.3) is 0 Å². The third kappa shape index (κ3) is 1.88. The molecule has 0 aromatic heterocycles. The second kappa shape index (κ2) is 4.06. The maximum Gasteiger partial charge on any atom is 0.0308 e. The number of allylic oxidation sites excluding steroid dienone is 1. The van der Waals surface area contributed by atoms with Crippen LogP contribution in [-0.4, -0.2) is 6.04 Å². The van der Waals surface area contributed by atoms with Gasteiger partial charge in [-0.1, -0.05) is 31.4 Å². The molecule has 0 aliphatic heterocycles. The van der Waals surface area contributed by atoms with E-state index < -0.39 is 0 Å². The second-order valence-corrected chi connectivity index (χ2v) is 5.36. The summed E-state index contributed by atoms with van der Waals surface area (Å²) in [4.78, 5) is 0. The normalized spacial score (nSPS) is 28.6. The standard InChI is InChI=1S/C13H23N/c1-13(9-5-6-10-13)12(14)11-7-3-2-4-8-11/h7,12H,2-6,8-10,14H2,1H3. The zero-order valence-electron chi connectivity index (χ0n) is 9.39. The van der Waals surface area contributed by atoms with Gasteiger partial charge in [0.05, 0.1) is 0 Å². The average Bonchev–Trinajstić information content (AvgIpc) is 2.67. The average molecular weight is 193 g/mol. The first kappa shape index (κ1) is 10.2. The van der Waals surface area contributed by atoms with E-state index in [1.54, 1.807) is 5.57 Å². The largest absolute Gasteiger partial charge is 0.324 e. The fourth-order valence-corrected chi connectivity index (χ4v) is 3.09. The lowest BCUT2D eigenvalue weighted by Crippen LogP contribution is -2.39. The molecule has 0 heterocycles. The van der Waals surface area contributed by atoms with Crippen LogP contribution in [0.15, 0.2) is 11.6 Å². The maximum absolute atomic E-state index is 6.42. The highest BCUT2D eigenvalue weighted by molar-refractivity contribution is 5.17. The molecule has 2 rings (SSSR count). The summed E-state index contributed by atoms with van der Waals surface area (Å²) < 4.78 is 0. The van der Waals surface area contributed by atoms with Crippen LogP contribution < -0.4 is 5.73 Å². The summed E-state index contributed by atoms with van der Waals surface area (Å²) >= 11 is 0. The van der Waals surface area contributed by atoms with Crippen molar-refractivity contribution in [3.63, 3.8) is 0 Å². The first-order chi connectivity index (χ1) is 6.72. The fourth-order valence-electron chi connectivity index (χ4n) is 3.09. The van der Waals surface area contributed by atoms with Crippen LogP contribution in [-0.2, 0) is 0 Å². The summed E-state index contributed by atoms with van der Waals surface area (Å²) in [7, 11) is 0. The Labute approximate surface area is 87.8 Å². The van der Waals surface area contributed by atoms with Gasteiger partial charge in [-0.2, -0.15) is 0 Å². The van der Waals surface area contributed by atoms with Crippen LogP contribution in [0.2, 0.25) is 0 Å². The molecule has 0 aromatic rings. The minimum atomic E-state index is 0.352. The molecule has 1 fully saturated rings. The Kier molecular flexibility index (Phi) is 2.96. The van der Waals surface area contributed by atoms with Crippen LogP contribution >= 0.6 is 0 Å². The molecule has 1 unspecified atom stereocenters. The van der Waals surface area contributed by atoms with Crippen LogP contribution in [0.25, 0.3) is 0 Å². The lowest BCUT2D eigenvalue weighted by Gasteiger charge is -2.34.